The molecule has 0 radical (unpaired) electrons. The molecule has 0 bridgehead atoms. The summed E-state index contributed by atoms with van der Waals surface area (Å²) < 4.78 is 166. The molecule has 2 atom stereocenters. The van der Waals surface area contributed by atoms with Gasteiger partial charge in [0.25, 0.3) is 0 Å². The van der Waals surface area contributed by atoms with Gasteiger partial charge in [-0.1, -0.05) is 268 Å². The highest BCUT2D eigenvalue weighted by atomic mass is 19.2. The van der Waals surface area contributed by atoms with E-state index in [2.05, 4.69) is 71.5 Å². The maximum absolute atomic E-state index is 17.5. The molecule has 0 amide bonds. The van der Waals surface area contributed by atoms with Crippen LogP contribution in [0.3, 0.4) is 0 Å². The van der Waals surface area contributed by atoms with E-state index in [1.165, 1.54) is 0 Å². The molecule has 1 spiro atoms. The molecule has 2 unspecified atom stereocenters. The standard InChI is InChI=1S/C101H60F10N2/c1-3-57-35-39-59(40-36-57)55-99(87-89(102)93(106)97(110)94(107)90(87)103)77-29-13-9-25-69(77)73-47-43-63(51-81(73)99)112(85-33-17-21-61-19-5-7-23-67(61)85)65-45-49-75-71-27-11-15-31-79(71)101(83(75)53-65)80-32-16-12-28-72(80)76-50-46-66(54-84(76)101)113(86-34-18-22-62-20-6-8-24-68(62)86)64-44-48-74-70-26-10-14-30-78(70)100(82(74)52-64,56-60-41-37-58(4-2)38-42-60)88-91(104)95(108)98(111)96(109)92(88)105/h3-54H,1-2,55-56H2. The quantitative estimate of drug-likeness (QED) is 0.0608. The third-order valence-corrected chi connectivity index (χ3v) is 24.0. The minimum Gasteiger partial charge on any atom is -0.310 e. The molecule has 2 nitrogen and oxygen atoms in total. The topological polar surface area (TPSA) is 6.48 Å². The SMILES string of the molecule is C=Cc1ccc(CC2(c3c(F)c(F)c(F)c(F)c3F)c3ccccc3-c3ccc(N(c4ccc5c(c4)C4(c6ccccc6-5)c5ccccc5-c5ccc(N(c6ccc7c(c6)C(Cc6ccc(C=C)cc6)(c6c(F)c(F)c(F)c(F)c6F)c6ccccc6-7)c6cccc7ccccc67)cc54)c4cccc5ccccc45)cc32)cc1. The normalized spacial score (nSPS) is 16.3. The molecule has 113 heavy (non-hydrogen) atoms. The van der Waals surface area contributed by atoms with Gasteiger partial charge in [-0.25, -0.2) is 43.9 Å². The molecule has 0 fully saturated rings. The van der Waals surface area contributed by atoms with Crippen molar-refractivity contribution in [2.75, 3.05) is 9.80 Å². The molecule has 4 aliphatic carbocycles. The number of halogens is 10. The lowest BCUT2D eigenvalue weighted by Gasteiger charge is -2.36. The minimum atomic E-state index is -2.27. The second kappa shape index (κ2) is 25.8. The summed E-state index contributed by atoms with van der Waals surface area (Å²) in [6.07, 6.45) is 2.85. The van der Waals surface area contributed by atoms with Gasteiger partial charge in [-0.3, -0.25) is 0 Å². The molecule has 20 rings (SSSR count). The van der Waals surface area contributed by atoms with Gasteiger partial charge in [0.2, 0.25) is 11.6 Å². The Labute approximate surface area is 644 Å². The average molecular weight is 1490 g/mol. The van der Waals surface area contributed by atoms with Gasteiger partial charge in [0.15, 0.2) is 46.5 Å². The highest BCUT2D eigenvalue weighted by molar-refractivity contribution is 6.04. The van der Waals surface area contributed by atoms with Gasteiger partial charge in [0.05, 0.1) is 27.6 Å². The largest absolute Gasteiger partial charge is 0.310 e. The smallest absolute Gasteiger partial charge is 0.200 e. The van der Waals surface area contributed by atoms with E-state index in [0.29, 0.717) is 89.8 Å². The Morgan fingerprint density at radius 2 is 0.522 bits per heavy atom. The average Bonchev–Trinajstić information content (AvgIpc) is 1.50. The fraction of sp³-hybridized carbons (Fsp3) is 0.0495. The first-order valence-corrected chi connectivity index (χ1v) is 37.1. The number of rotatable bonds is 14. The Morgan fingerprint density at radius 3 is 0.876 bits per heavy atom. The molecule has 0 heterocycles. The molecule has 16 aromatic carbocycles. The lowest BCUT2D eigenvalue weighted by molar-refractivity contribution is 0.357. The van der Waals surface area contributed by atoms with E-state index in [1.54, 1.807) is 109 Å². The molecular formula is C101H60F10N2. The Morgan fingerprint density at radius 1 is 0.248 bits per heavy atom. The lowest BCUT2D eigenvalue weighted by atomic mass is 9.68. The van der Waals surface area contributed by atoms with Crippen LogP contribution in [0.1, 0.15) is 77.9 Å². The molecule has 12 heteroatoms. The van der Waals surface area contributed by atoms with Gasteiger partial charge in [-0.15, -0.1) is 0 Å². The Bertz CT molecular complexity index is 6310. The second-order valence-electron chi connectivity index (χ2n) is 29.5. The van der Waals surface area contributed by atoms with Gasteiger partial charge in [-0.05, 0) is 196 Å². The van der Waals surface area contributed by atoms with Crippen LogP contribution in [-0.4, -0.2) is 0 Å². The first kappa shape index (κ1) is 68.7. The fourth-order valence-corrected chi connectivity index (χ4v) is 19.3. The van der Waals surface area contributed by atoms with Crippen LogP contribution in [0.25, 0.3) is 78.2 Å². The number of hydrogen-bond donors (Lipinski definition) is 0. The second-order valence-corrected chi connectivity index (χ2v) is 29.5. The molecule has 16 aromatic rings. The van der Waals surface area contributed by atoms with Crippen molar-refractivity contribution in [1.29, 1.82) is 0 Å². The van der Waals surface area contributed by atoms with Crippen LogP contribution in [0, 0.1) is 58.2 Å². The van der Waals surface area contributed by atoms with Crippen LogP contribution in [0.2, 0.25) is 0 Å². The van der Waals surface area contributed by atoms with Crippen molar-refractivity contribution in [2.24, 2.45) is 0 Å². The van der Waals surface area contributed by atoms with Crippen molar-refractivity contribution in [3.05, 3.63) is 453 Å². The van der Waals surface area contributed by atoms with Gasteiger partial charge in [0.1, 0.15) is 0 Å². The zero-order valence-electron chi connectivity index (χ0n) is 60.0. The van der Waals surface area contributed by atoms with E-state index in [0.717, 1.165) is 77.2 Å². The third kappa shape index (κ3) is 9.75. The summed E-state index contributed by atoms with van der Waals surface area (Å²) in [7, 11) is 0. The summed E-state index contributed by atoms with van der Waals surface area (Å²) >= 11 is 0. The Kier molecular flexibility index (Phi) is 15.7. The number of benzene rings is 16. The van der Waals surface area contributed by atoms with Gasteiger partial charge in [0, 0.05) is 44.6 Å². The molecule has 0 aliphatic heterocycles. The number of hydrogen-bond acceptors (Lipinski definition) is 2. The summed E-state index contributed by atoms with van der Waals surface area (Å²) in [6.45, 7) is 7.84. The van der Waals surface area contributed by atoms with E-state index in [4.69, 9.17) is 0 Å². The molecule has 0 N–H and O–H groups in total. The summed E-state index contributed by atoms with van der Waals surface area (Å²) in [5, 5.41) is 3.46. The maximum atomic E-state index is 17.5. The van der Waals surface area contributed by atoms with E-state index < -0.39 is 85.5 Å². The monoisotopic (exact) mass is 1490 g/mol. The van der Waals surface area contributed by atoms with Crippen molar-refractivity contribution >= 4 is 67.8 Å². The summed E-state index contributed by atoms with van der Waals surface area (Å²) in [5.74, 6) is -20.6. The van der Waals surface area contributed by atoms with E-state index in [1.807, 2.05) is 158 Å². The molecule has 0 aromatic heterocycles. The van der Waals surface area contributed by atoms with Crippen LogP contribution in [0.4, 0.5) is 78.0 Å². The van der Waals surface area contributed by atoms with Crippen molar-refractivity contribution in [2.45, 2.75) is 29.1 Å². The summed E-state index contributed by atoms with van der Waals surface area (Å²) in [6, 6.07) is 96.7. The number of fused-ring (bicyclic) bond motifs is 18. The van der Waals surface area contributed by atoms with Crippen molar-refractivity contribution < 1.29 is 43.9 Å². The predicted octanol–water partition coefficient (Wildman–Crippen LogP) is 27.1. The first-order chi connectivity index (χ1) is 55.1. The van der Waals surface area contributed by atoms with Crippen LogP contribution in [-0.2, 0) is 29.1 Å². The van der Waals surface area contributed by atoms with Gasteiger partial charge < -0.3 is 9.80 Å². The Balaban J connectivity index is 0.831. The zero-order chi connectivity index (χ0) is 77.1. The lowest BCUT2D eigenvalue weighted by Crippen LogP contribution is -2.34. The minimum absolute atomic E-state index is 0.228. The van der Waals surface area contributed by atoms with Crippen LogP contribution in [0.5, 0.6) is 0 Å². The molecule has 4 aliphatic rings. The van der Waals surface area contributed by atoms with Crippen molar-refractivity contribution in [3.63, 3.8) is 0 Å². The van der Waals surface area contributed by atoms with Crippen molar-refractivity contribution in [1.82, 2.24) is 0 Å². The van der Waals surface area contributed by atoms with E-state index in [9.17, 15) is 0 Å². The predicted molar refractivity (Wildman–Crippen MR) is 431 cm³/mol. The zero-order valence-corrected chi connectivity index (χ0v) is 60.0. The fourth-order valence-electron chi connectivity index (χ4n) is 19.3. The van der Waals surface area contributed by atoms with Crippen LogP contribution >= 0.6 is 0 Å². The highest BCUT2D eigenvalue weighted by Gasteiger charge is 2.55. The Hall–Kier alpha value is -13.6. The molecule has 0 saturated carbocycles. The van der Waals surface area contributed by atoms with E-state index >= 15 is 43.9 Å². The number of nitrogens with zero attached hydrogens (tertiary/aromatic N) is 2. The van der Waals surface area contributed by atoms with Crippen molar-refractivity contribution in [3.8, 4) is 44.5 Å². The first-order valence-electron chi connectivity index (χ1n) is 37.1. The van der Waals surface area contributed by atoms with E-state index in [-0.39, 0.29) is 12.8 Å². The van der Waals surface area contributed by atoms with Gasteiger partial charge in [-0.2, -0.15) is 0 Å². The summed E-state index contributed by atoms with van der Waals surface area (Å²) in [5.41, 5.74) is 10.1. The van der Waals surface area contributed by atoms with Gasteiger partial charge >= 0.3 is 0 Å². The molecule has 544 valence electrons. The van der Waals surface area contributed by atoms with Crippen LogP contribution in [0.15, 0.2) is 316 Å². The molecule has 0 saturated heterocycles. The summed E-state index contributed by atoms with van der Waals surface area (Å²) in [4.78, 5) is 4.19. The number of anilines is 6. The molecular weight excluding hydrogens is 1430 g/mol. The van der Waals surface area contributed by atoms with Crippen LogP contribution < -0.4 is 9.80 Å². The maximum Gasteiger partial charge on any atom is 0.200 e. The highest BCUT2D eigenvalue weighted by Crippen LogP contribution is 2.66. The third-order valence-electron chi connectivity index (χ3n) is 24.0.